The van der Waals surface area contributed by atoms with Crippen LogP contribution in [-0.4, -0.2) is 0 Å². The maximum absolute atomic E-state index is 2.45. The molecule has 0 amide bonds. The Morgan fingerprint density at radius 3 is 1.50 bits per heavy atom. The van der Waals surface area contributed by atoms with Gasteiger partial charge in [0.2, 0.25) is 0 Å². The highest BCUT2D eigenvalue weighted by atomic mass is 32.1. The van der Waals surface area contributed by atoms with Gasteiger partial charge in [-0.3, -0.25) is 0 Å². The first-order chi connectivity index (χ1) is 28.8. The fourth-order valence-electron chi connectivity index (χ4n) is 9.92. The van der Waals surface area contributed by atoms with Crippen LogP contribution >= 0.6 is 22.7 Å². The van der Waals surface area contributed by atoms with Crippen molar-refractivity contribution in [1.29, 1.82) is 0 Å². The molecule has 0 atom stereocenters. The van der Waals surface area contributed by atoms with Crippen molar-refractivity contribution in [2.45, 2.75) is 0 Å². The molecule has 2 heteroatoms. The third-order valence-electron chi connectivity index (χ3n) is 12.4. The van der Waals surface area contributed by atoms with E-state index in [2.05, 4.69) is 194 Å². The molecule has 2 aromatic heterocycles. The van der Waals surface area contributed by atoms with Gasteiger partial charge in [-0.15, -0.1) is 22.7 Å². The highest BCUT2D eigenvalue weighted by molar-refractivity contribution is 7.28. The summed E-state index contributed by atoms with van der Waals surface area (Å²) in [6.07, 6.45) is 0. The largest absolute Gasteiger partial charge is 0.135 e. The van der Waals surface area contributed by atoms with E-state index in [0.717, 1.165) is 0 Å². The quantitative estimate of drug-likeness (QED) is 0.157. The van der Waals surface area contributed by atoms with E-state index in [1.165, 1.54) is 128 Å². The van der Waals surface area contributed by atoms with Crippen LogP contribution in [0.2, 0.25) is 0 Å². The zero-order valence-corrected chi connectivity index (χ0v) is 32.9. The van der Waals surface area contributed by atoms with Crippen LogP contribution in [0, 0.1) is 0 Å². The fourth-order valence-corrected chi connectivity index (χ4v) is 12.2. The minimum Gasteiger partial charge on any atom is -0.135 e. The normalized spacial score (nSPS) is 12.1. The molecule has 268 valence electrons. The molecule has 0 radical (unpaired) electrons. The second-order valence-corrected chi connectivity index (χ2v) is 17.7. The summed E-state index contributed by atoms with van der Waals surface area (Å²) < 4.78 is 5.40. The van der Waals surface area contributed by atoms with Gasteiger partial charge in [-0.1, -0.05) is 158 Å². The average Bonchev–Trinajstić information content (AvgIpc) is 3.86. The Labute approximate surface area is 342 Å². The lowest BCUT2D eigenvalue weighted by molar-refractivity contribution is 1.68. The number of fused-ring (bicyclic) bond motifs is 13. The molecule has 0 aliphatic heterocycles. The van der Waals surface area contributed by atoms with Gasteiger partial charge in [0.15, 0.2) is 0 Å². The van der Waals surface area contributed by atoms with Gasteiger partial charge in [0, 0.05) is 40.3 Å². The monoisotopic (exact) mass is 768 g/mol. The van der Waals surface area contributed by atoms with E-state index in [0.29, 0.717) is 0 Å². The SMILES string of the molecule is c1ccc2c(-c3c4ccccc4c(-c4ccc5cc(-c6cc7sc8ccc9sc%10ccccc%10c9c8c7c7ccccc67)ccc5c4)c4ccccc34)cccc2c1. The highest BCUT2D eigenvalue weighted by Crippen LogP contribution is 2.49. The van der Waals surface area contributed by atoms with Crippen molar-refractivity contribution in [3.63, 3.8) is 0 Å². The minimum absolute atomic E-state index is 1.24. The standard InChI is InChI=1S/C56H32S2/c1-2-14-38-33(12-1)13-11-22-40(38)53-44-19-7-5-17-42(44)52(43-18-6-8-20-45(43)53)37-27-25-34-30-36(26-24-35(34)31-37)47-32-51-54(41-16-4-3-15-39(41)47)56-50(58-51)29-28-49-55(56)46-21-9-10-23-48(46)57-49/h1-32H. The van der Waals surface area contributed by atoms with E-state index < -0.39 is 0 Å². The molecule has 0 aliphatic rings. The van der Waals surface area contributed by atoms with Crippen LogP contribution in [-0.2, 0) is 0 Å². The average molecular weight is 769 g/mol. The highest BCUT2D eigenvalue weighted by Gasteiger charge is 2.20. The Balaban J connectivity index is 0.996. The van der Waals surface area contributed by atoms with Gasteiger partial charge in [0.25, 0.3) is 0 Å². The van der Waals surface area contributed by atoms with Crippen molar-refractivity contribution in [2.24, 2.45) is 0 Å². The first-order valence-electron chi connectivity index (χ1n) is 19.9. The second-order valence-electron chi connectivity index (χ2n) is 15.5. The number of thiophene rings is 2. The second kappa shape index (κ2) is 12.3. The molecule has 2 heterocycles. The fraction of sp³-hybridized carbons (Fsp3) is 0. The zero-order valence-electron chi connectivity index (χ0n) is 31.3. The molecule has 0 saturated heterocycles. The van der Waals surface area contributed by atoms with E-state index in [4.69, 9.17) is 0 Å². The van der Waals surface area contributed by atoms with Crippen molar-refractivity contribution < 1.29 is 0 Å². The van der Waals surface area contributed by atoms with E-state index in [1.807, 2.05) is 22.7 Å². The van der Waals surface area contributed by atoms with Gasteiger partial charge in [-0.05, 0) is 124 Å². The van der Waals surface area contributed by atoms with Gasteiger partial charge in [0.05, 0.1) is 0 Å². The van der Waals surface area contributed by atoms with Crippen LogP contribution in [0.25, 0.3) is 128 Å². The molecule has 13 rings (SSSR count). The third kappa shape index (κ3) is 4.62. The van der Waals surface area contributed by atoms with Crippen molar-refractivity contribution in [3.8, 4) is 33.4 Å². The molecule has 0 fully saturated rings. The lowest BCUT2D eigenvalue weighted by atomic mass is 9.84. The number of hydrogen-bond acceptors (Lipinski definition) is 2. The minimum atomic E-state index is 1.24. The molecule has 0 saturated carbocycles. The van der Waals surface area contributed by atoms with E-state index in [-0.39, 0.29) is 0 Å². The molecule has 0 N–H and O–H groups in total. The van der Waals surface area contributed by atoms with Gasteiger partial charge in [-0.2, -0.15) is 0 Å². The summed E-state index contributed by atoms with van der Waals surface area (Å²) in [5.41, 5.74) is 7.63. The molecular weight excluding hydrogens is 737 g/mol. The summed E-state index contributed by atoms with van der Waals surface area (Å²) in [7, 11) is 0. The Kier molecular flexibility index (Phi) is 6.86. The first kappa shape index (κ1) is 32.3. The molecule has 0 nitrogen and oxygen atoms in total. The van der Waals surface area contributed by atoms with Crippen LogP contribution in [0.5, 0.6) is 0 Å². The lowest BCUT2D eigenvalue weighted by Crippen LogP contribution is -1.91. The molecule has 0 bridgehead atoms. The van der Waals surface area contributed by atoms with Crippen LogP contribution in [0.3, 0.4) is 0 Å². The maximum atomic E-state index is 2.45. The van der Waals surface area contributed by atoms with Crippen LogP contribution in [0.15, 0.2) is 194 Å². The summed E-state index contributed by atoms with van der Waals surface area (Å²) in [5, 5.41) is 18.3. The van der Waals surface area contributed by atoms with E-state index in [9.17, 15) is 0 Å². The van der Waals surface area contributed by atoms with E-state index >= 15 is 0 Å². The molecule has 0 unspecified atom stereocenters. The summed E-state index contributed by atoms with van der Waals surface area (Å²) >= 11 is 3.82. The Morgan fingerprint density at radius 1 is 0.241 bits per heavy atom. The summed E-state index contributed by atoms with van der Waals surface area (Å²) in [5.74, 6) is 0. The molecular formula is C56H32S2. The number of rotatable bonds is 3. The summed E-state index contributed by atoms with van der Waals surface area (Å²) in [4.78, 5) is 0. The molecule has 58 heavy (non-hydrogen) atoms. The Bertz CT molecular complexity index is 3800. The topological polar surface area (TPSA) is 0 Å². The van der Waals surface area contributed by atoms with Gasteiger partial charge < -0.3 is 0 Å². The van der Waals surface area contributed by atoms with Crippen molar-refractivity contribution in [1.82, 2.24) is 0 Å². The first-order valence-corrected chi connectivity index (χ1v) is 21.5. The Morgan fingerprint density at radius 2 is 0.759 bits per heavy atom. The van der Waals surface area contributed by atoms with Crippen molar-refractivity contribution in [3.05, 3.63) is 194 Å². The number of benzene rings is 11. The lowest BCUT2D eigenvalue weighted by Gasteiger charge is -2.19. The third-order valence-corrected chi connectivity index (χ3v) is 14.7. The van der Waals surface area contributed by atoms with Gasteiger partial charge in [-0.25, -0.2) is 0 Å². The van der Waals surface area contributed by atoms with Crippen LogP contribution in [0.4, 0.5) is 0 Å². The van der Waals surface area contributed by atoms with Crippen molar-refractivity contribution >= 4 is 117 Å². The smallest absolute Gasteiger partial charge is 0.0368 e. The molecule has 11 aromatic carbocycles. The van der Waals surface area contributed by atoms with E-state index in [1.54, 1.807) is 0 Å². The van der Waals surface area contributed by atoms with Crippen LogP contribution in [0.1, 0.15) is 0 Å². The summed E-state index contributed by atoms with van der Waals surface area (Å²) in [6, 6.07) is 72.5. The van der Waals surface area contributed by atoms with Gasteiger partial charge in [0.1, 0.15) is 0 Å². The molecule has 13 aromatic rings. The maximum Gasteiger partial charge on any atom is 0.0368 e. The van der Waals surface area contributed by atoms with Gasteiger partial charge >= 0.3 is 0 Å². The number of hydrogen-bond donors (Lipinski definition) is 0. The molecule has 0 spiro atoms. The zero-order chi connectivity index (χ0) is 37.9. The predicted octanol–water partition coefficient (Wildman–Crippen LogP) is 17.2. The molecule has 0 aliphatic carbocycles. The van der Waals surface area contributed by atoms with Crippen molar-refractivity contribution in [2.75, 3.05) is 0 Å². The summed E-state index contributed by atoms with van der Waals surface area (Å²) in [6.45, 7) is 0. The Hall–Kier alpha value is -6.84. The van der Waals surface area contributed by atoms with Crippen LogP contribution < -0.4 is 0 Å². The predicted molar refractivity (Wildman–Crippen MR) is 256 cm³/mol.